The van der Waals surface area contributed by atoms with Crippen LogP contribution in [0.4, 0.5) is 0 Å². The fourth-order valence-electron chi connectivity index (χ4n) is 5.37. The van der Waals surface area contributed by atoms with Gasteiger partial charge in [0.15, 0.2) is 0 Å². The third kappa shape index (κ3) is 4.45. The van der Waals surface area contributed by atoms with E-state index in [9.17, 15) is 15.0 Å². The van der Waals surface area contributed by atoms with E-state index in [1.165, 1.54) is 24.8 Å². The van der Waals surface area contributed by atoms with E-state index in [4.69, 9.17) is 9.84 Å². The summed E-state index contributed by atoms with van der Waals surface area (Å²) in [6.07, 6.45) is 10.5. The highest BCUT2D eigenvalue weighted by molar-refractivity contribution is 5.66. The molecule has 3 aliphatic rings. The van der Waals surface area contributed by atoms with Gasteiger partial charge in [0.2, 0.25) is 0 Å². The lowest BCUT2D eigenvalue weighted by molar-refractivity contribution is -0.138. The van der Waals surface area contributed by atoms with E-state index in [0.29, 0.717) is 12.8 Å². The van der Waals surface area contributed by atoms with E-state index < -0.39 is 18.2 Å². The van der Waals surface area contributed by atoms with Crippen LogP contribution in [-0.2, 0) is 9.53 Å². The van der Waals surface area contributed by atoms with Crippen LogP contribution < -0.4 is 0 Å². The minimum atomic E-state index is -0.765. The second-order valence-electron chi connectivity index (χ2n) is 8.68. The van der Waals surface area contributed by atoms with E-state index in [1.807, 2.05) is 0 Å². The summed E-state index contributed by atoms with van der Waals surface area (Å²) in [6, 6.07) is 0. The lowest BCUT2D eigenvalue weighted by atomic mass is 9.53. The van der Waals surface area contributed by atoms with Gasteiger partial charge in [-0.05, 0) is 56.4 Å². The average Bonchev–Trinajstić information content (AvgIpc) is 2.68. The molecule has 0 aromatic heterocycles. The van der Waals surface area contributed by atoms with Crippen molar-refractivity contribution in [2.45, 2.75) is 88.4 Å². The third-order valence-electron chi connectivity index (χ3n) is 7.09. The molecule has 0 aliphatic heterocycles. The maximum Gasteiger partial charge on any atom is 0.303 e. The SMILES string of the molecule is CO[C@@]12CC[C@H](O)[C@@H](C#CC(O)C3CCCCC3)[C@@H]1CC2=CCCCC(=O)O. The molecule has 28 heavy (non-hydrogen) atoms. The molecule has 0 saturated heterocycles. The van der Waals surface area contributed by atoms with Crippen molar-refractivity contribution in [2.24, 2.45) is 17.8 Å². The summed E-state index contributed by atoms with van der Waals surface area (Å²) < 4.78 is 5.94. The monoisotopic (exact) mass is 390 g/mol. The van der Waals surface area contributed by atoms with E-state index in [1.54, 1.807) is 7.11 Å². The second kappa shape index (κ2) is 9.43. The number of aliphatic carboxylic acids is 1. The highest BCUT2D eigenvalue weighted by atomic mass is 16.5. The van der Waals surface area contributed by atoms with E-state index >= 15 is 0 Å². The molecule has 0 spiro atoms. The van der Waals surface area contributed by atoms with Crippen molar-refractivity contribution in [1.82, 2.24) is 0 Å². The van der Waals surface area contributed by atoms with Crippen LogP contribution in [0.15, 0.2) is 11.6 Å². The van der Waals surface area contributed by atoms with Crippen molar-refractivity contribution in [3.05, 3.63) is 11.6 Å². The molecule has 3 rings (SSSR count). The first-order valence-corrected chi connectivity index (χ1v) is 10.8. The maximum atomic E-state index is 10.7. The smallest absolute Gasteiger partial charge is 0.303 e. The number of allylic oxidation sites excluding steroid dienone is 1. The number of hydrogen-bond donors (Lipinski definition) is 3. The zero-order chi connectivity index (χ0) is 20.1. The summed E-state index contributed by atoms with van der Waals surface area (Å²) in [5.74, 6) is 5.75. The highest BCUT2D eigenvalue weighted by Gasteiger charge is 2.58. The van der Waals surface area contributed by atoms with Crippen LogP contribution in [0.25, 0.3) is 0 Å². The number of carboxylic acids is 1. The summed E-state index contributed by atoms with van der Waals surface area (Å²) in [5, 5.41) is 29.8. The predicted molar refractivity (Wildman–Crippen MR) is 107 cm³/mol. The Morgan fingerprint density at radius 1 is 1.32 bits per heavy atom. The molecule has 0 aromatic carbocycles. The van der Waals surface area contributed by atoms with Crippen molar-refractivity contribution >= 4 is 5.97 Å². The number of hydrogen-bond acceptors (Lipinski definition) is 4. The minimum absolute atomic E-state index is 0.137. The number of rotatable bonds is 6. The van der Waals surface area contributed by atoms with Crippen LogP contribution in [0.5, 0.6) is 0 Å². The molecule has 5 atom stereocenters. The van der Waals surface area contributed by atoms with Crippen molar-refractivity contribution in [3.63, 3.8) is 0 Å². The Kier molecular flexibility index (Phi) is 7.20. The van der Waals surface area contributed by atoms with Gasteiger partial charge in [-0.15, -0.1) is 0 Å². The van der Waals surface area contributed by atoms with Crippen LogP contribution in [0.3, 0.4) is 0 Å². The van der Waals surface area contributed by atoms with Gasteiger partial charge in [-0.25, -0.2) is 0 Å². The Bertz CT molecular complexity index is 639. The van der Waals surface area contributed by atoms with Crippen molar-refractivity contribution in [3.8, 4) is 11.8 Å². The van der Waals surface area contributed by atoms with Crippen molar-refractivity contribution < 1.29 is 24.9 Å². The molecule has 0 bridgehead atoms. The Morgan fingerprint density at radius 3 is 2.75 bits per heavy atom. The molecule has 5 nitrogen and oxygen atoms in total. The first kappa shape index (κ1) is 21.4. The van der Waals surface area contributed by atoms with Gasteiger partial charge in [-0.3, -0.25) is 4.79 Å². The van der Waals surface area contributed by atoms with Crippen LogP contribution >= 0.6 is 0 Å². The molecule has 3 saturated carbocycles. The van der Waals surface area contributed by atoms with E-state index in [2.05, 4.69) is 17.9 Å². The topological polar surface area (TPSA) is 87.0 Å². The predicted octanol–water partition coefficient (Wildman–Crippen LogP) is 3.29. The molecule has 3 N–H and O–H groups in total. The van der Waals surface area contributed by atoms with Gasteiger partial charge >= 0.3 is 5.97 Å². The summed E-state index contributed by atoms with van der Waals surface area (Å²) in [5.41, 5.74) is 0.842. The van der Waals surface area contributed by atoms with Gasteiger partial charge in [-0.1, -0.05) is 37.2 Å². The standard InChI is InChI=1S/C23H34O5/c1-28-23-14-13-21(25)18(11-12-20(24)16-7-3-2-4-8-16)19(23)15-17(23)9-5-6-10-22(26)27/h9,16,18-21,24-25H,2-8,10,13-15H2,1H3,(H,26,27)/t18-,19-,20?,21-,23+/m0/s1. The van der Waals surface area contributed by atoms with Gasteiger partial charge < -0.3 is 20.1 Å². The average molecular weight is 391 g/mol. The van der Waals surface area contributed by atoms with Crippen molar-refractivity contribution in [1.29, 1.82) is 0 Å². The van der Waals surface area contributed by atoms with E-state index in [-0.39, 0.29) is 29.8 Å². The largest absolute Gasteiger partial charge is 0.481 e. The first-order chi connectivity index (χ1) is 13.5. The number of carbonyl (C=O) groups is 1. The molecule has 0 radical (unpaired) electrons. The maximum absolute atomic E-state index is 10.7. The zero-order valence-corrected chi connectivity index (χ0v) is 16.9. The van der Waals surface area contributed by atoms with E-state index in [0.717, 1.165) is 32.1 Å². The molecule has 0 aromatic rings. The third-order valence-corrected chi connectivity index (χ3v) is 7.09. The van der Waals surface area contributed by atoms with Gasteiger partial charge in [0.1, 0.15) is 6.10 Å². The molecule has 156 valence electrons. The van der Waals surface area contributed by atoms with Gasteiger partial charge in [-0.2, -0.15) is 0 Å². The fraction of sp³-hybridized carbons (Fsp3) is 0.783. The lowest BCUT2D eigenvalue weighted by Crippen LogP contribution is -2.59. The normalized spacial score (nSPS) is 35.4. The summed E-state index contributed by atoms with van der Waals surface area (Å²) >= 11 is 0. The number of ether oxygens (including phenoxy) is 1. The number of unbranched alkanes of at least 4 members (excludes halogenated alkanes) is 1. The number of carboxylic acid groups (broad SMARTS) is 1. The summed E-state index contributed by atoms with van der Waals surface area (Å²) in [4.78, 5) is 10.7. The Balaban J connectivity index is 1.66. The fourth-order valence-corrected chi connectivity index (χ4v) is 5.37. The Hall–Kier alpha value is -1.35. The minimum Gasteiger partial charge on any atom is -0.481 e. The molecule has 3 aliphatic carbocycles. The second-order valence-corrected chi connectivity index (χ2v) is 8.68. The van der Waals surface area contributed by atoms with Crippen LogP contribution in [-0.4, -0.2) is 46.2 Å². The lowest BCUT2D eigenvalue weighted by Gasteiger charge is -2.57. The molecule has 5 heteroatoms. The van der Waals surface area contributed by atoms with Gasteiger partial charge in [0, 0.05) is 19.4 Å². The van der Waals surface area contributed by atoms with Crippen molar-refractivity contribution in [2.75, 3.05) is 7.11 Å². The molecule has 0 amide bonds. The summed E-state index contributed by atoms with van der Waals surface area (Å²) in [7, 11) is 1.72. The van der Waals surface area contributed by atoms with Crippen LogP contribution in [0, 0.1) is 29.6 Å². The Labute approximate surface area is 168 Å². The highest BCUT2D eigenvalue weighted by Crippen LogP contribution is 2.56. The molecule has 0 heterocycles. The number of fused-ring (bicyclic) bond motifs is 1. The Morgan fingerprint density at radius 2 is 2.07 bits per heavy atom. The molecular weight excluding hydrogens is 356 g/mol. The molecular formula is C23H34O5. The number of aliphatic hydroxyl groups is 2. The van der Waals surface area contributed by atoms with Crippen LogP contribution in [0.2, 0.25) is 0 Å². The quantitative estimate of drug-likeness (QED) is 0.368. The number of methoxy groups -OCH3 is 1. The molecule has 1 unspecified atom stereocenters. The zero-order valence-electron chi connectivity index (χ0n) is 16.9. The van der Waals surface area contributed by atoms with Crippen LogP contribution in [0.1, 0.15) is 70.6 Å². The van der Waals surface area contributed by atoms with Gasteiger partial charge in [0.05, 0.1) is 17.6 Å². The summed E-state index contributed by atoms with van der Waals surface area (Å²) in [6.45, 7) is 0. The number of aliphatic hydroxyl groups excluding tert-OH is 2. The first-order valence-electron chi connectivity index (χ1n) is 10.8. The van der Waals surface area contributed by atoms with Gasteiger partial charge in [0.25, 0.3) is 0 Å². The molecule has 3 fully saturated rings.